The molecule has 0 radical (unpaired) electrons. The number of hydrogen-bond donors (Lipinski definition) is 0. The summed E-state index contributed by atoms with van der Waals surface area (Å²) in [4.78, 5) is 15.5. The van der Waals surface area contributed by atoms with Gasteiger partial charge >= 0.3 is 0 Å². The molecule has 0 spiro atoms. The van der Waals surface area contributed by atoms with Crippen molar-refractivity contribution in [3.63, 3.8) is 0 Å². The van der Waals surface area contributed by atoms with E-state index in [1.165, 1.54) is 18.5 Å². The van der Waals surface area contributed by atoms with Crippen LogP contribution in [0.15, 0.2) is 30.9 Å². The largest absolute Gasteiger partial charge is 0.473 e. The highest BCUT2D eigenvalue weighted by atomic mass is 16.5. The Kier molecular flexibility index (Phi) is 3.72. The molecule has 2 aliphatic rings. The zero-order valence-corrected chi connectivity index (χ0v) is 14.9. The molecule has 1 saturated carbocycles. The third-order valence-corrected chi connectivity index (χ3v) is 5.15. The van der Waals surface area contributed by atoms with Crippen molar-refractivity contribution in [2.24, 2.45) is 0 Å². The minimum absolute atomic E-state index is 0.175. The van der Waals surface area contributed by atoms with Gasteiger partial charge in [0.15, 0.2) is 5.82 Å². The molecule has 3 aromatic heterocycles. The topological polar surface area (TPSA) is 68.4 Å². The van der Waals surface area contributed by atoms with Gasteiger partial charge in [-0.1, -0.05) is 0 Å². The molecule has 1 saturated heterocycles. The number of piperidine rings is 1. The maximum Gasteiger partial charge on any atom is 0.232 e. The fourth-order valence-electron chi connectivity index (χ4n) is 3.60. The Bertz CT molecular complexity index is 927. The molecular formula is C19H22N6O. The van der Waals surface area contributed by atoms with Gasteiger partial charge in [0.1, 0.15) is 11.6 Å². The first-order valence-corrected chi connectivity index (χ1v) is 9.31. The van der Waals surface area contributed by atoms with Gasteiger partial charge in [-0.2, -0.15) is 5.10 Å². The fraction of sp³-hybridized carbons (Fsp3) is 0.474. The van der Waals surface area contributed by atoms with Crippen LogP contribution >= 0.6 is 0 Å². The smallest absolute Gasteiger partial charge is 0.232 e. The summed E-state index contributed by atoms with van der Waals surface area (Å²) in [5, 5.41) is 4.72. The number of rotatable bonds is 4. The number of nitrogens with zero attached hydrogens (tertiary/aromatic N) is 6. The lowest BCUT2D eigenvalue weighted by molar-refractivity contribution is 0.163. The second-order valence-electron chi connectivity index (χ2n) is 7.23. The number of aromatic nitrogens is 5. The third-order valence-electron chi connectivity index (χ3n) is 5.15. The van der Waals surface area contributed by atoms with Crippen molar-refractivity contribution in [1.29, 1.82) is 0 Å². The predicted molar refractivity (Wildman–Crippen MR) is 97.6 cm³/mol. The van der Waals surface area contributed by atoms with Crippen molar-refractivity contribution in [2.75, 3.05) is 18.0 Å². The van der Waals surface area contributed by atoms with Crippen LogP contribution in [0.3, 0.4) is 0 Å². The summed E-state index contributed by atoms with van der Waals surface area (Å²) in [7, 11) is 0. The van der Waals surface area contributed by atoms with Crippen LogP contribution in [0.2, 0.25) is 0 Å². The number of ether oxygens (including phenoxy) is 1. The minimum Gasteiger partial charge on any atom is -0.473 e. The normalized spacial score (nSPS) is 18.4. The van der Waals surface area contributed by atoms with Crippen LogP contribution in [0.25, 0.3) is 5.52 Å². The minimum atomic E-state index is 0.175. The van der Waals surface area contributed by atoms with E-state index >= 15 is 0 Å². The number of hydrogen-bond acceptors (Lipinski definition) is 6. The lowest BCUT2D eigenvalue weighted by atomic mass is 10.1. The van der Waals surface area contributed by atoms with Crippen LogP contribution in [-0.4, -0.2) is 43.8 Å². The second-order valence-corrected chi connectivity index (χ2v) is 7.23. The zero-order valence-electron chi connectivity index (χ0n) is 14.9. The molecule has 1 aliphatic carbocycles. The van der Waals surface area contributed by atoms with Crippen molar-refractivity contribution in [2.45, 2.75) is 44.6 Å². The van der Waals surface area contributed by atoms with Gasteiger partial charge in [0.05, 0.1) is 17.6 Å². The molecule has 0 amide bonds. The average molecular weight is 350 g/mol. The summed E-state index contributed by atoms with van der Waals surface area (Å²) in [6.45, 7) is 3.76. The lowest BCUT2D eigenvalue weighted by Crippen LogP contribution is -2.39. The van der Waals surface area contributed by atoms with Crippen LogP contribution in [-0.2, 0) is 0 Å². The van der Waals surface area contributed by atoms with Crippen molar-refractivity contribution in [1.82, 2.24) is 24.6 Å². The molecule has 0 atom stereocenters. The summed E-state index contributed by atoms with van der Waals surface area (Å²) in [6.07, 6.45) is 11.8. The molecule has 1 aliphatic heterocycles. The van der Waals surface area contributed by atoms with E-state index in [1.54, 1.807) is 12.4 Å². The SMILES string of the molecule is Cc1cncc(OC2CCN(c3nccn4nc(C5CC5)cc34)CC2)n1. The molecule has 0 unspecified atom stereocenters. The van der Waals surface area contributed by atoms with Gasteiger partial charge in [-0.05, 0) is 25.8 Å². The monoisotopic (exact) mass is 350 g/mol. The van der Waals surface area contributed by atoms with Crippen LogP contribution in [0, 0.1) is 6.92 Å². The molecule has 0 N–H and O–H groups in total. The van der Waals surface area contributed by atoms with Crippen LogP contribution in [0.4, 0.5) is 5.82 Å². The van der Waals surface area contributed by atoms with Gasteiger partial charge < -0.3 is 9.64 Å². The van der Waals surface area contributed by atoms with E-state index in [1.807, 2.05) is 23.8 Å². The van der Waals surface area contributed by atoms with Gasteiger partial charge in [0, 0.05) is 50.4 Å². The van der Waals surface area contributed by atoms with Gasteiger partial charge in [0.2, 0.25) is 5.88 Å². The highest BCUT2D eigenvalue weighted by Crippen LogP contribution is 2.40. The van der Waals surface area contributed by atoms with Gasteiger partial charge in [-0.15, -0.1) is 0 Å². The van der Waals surface area contributed by atoms with Crippen LogP contribution in [0.1, 0.15) is 43.0 Å². The van der Waals surface area contributed by atoms with E-state index in [-0.39, 0.29) is 6.10 Å². The van der Waals surface area contributed by atoms with Crippen molar-refractivity contribution in [3.05, 3.63) is 42.2 Å². The maximum atomic E-state index is 6.01. The van der Waals surface area contributed by atoms with Crippen molar-refractivity contribution < 1.29 is 4.74 Å². The Morgan fingerprint density at radius 2 is 1.96 bits per heavy atom. The molecule has 0 aromatic carbocycles. The molecule has 26 heavy (non-hydrogen) atoms. The van der Waals surface area contributed by atoms with Crippen molar-refractivity contribution >= 4 is 11.3 Å². The second kappa shape index (κ2) is 6.23. The Morgan fingerprint density at radius 3 is 2.73 bits per heavy atom. The number of aryl methyl sites for hydroxylation is 1. The lowest BCUT2D eigenvalue weighted by Gasteiger charge is -2.32. The molecule has 7 nitrogen and oxygen atoms in total. The van der Waals surface area contributed by atoms with E-state index in [0.717, 1.165) is 43.0 Å². The fourth-order valence-corrected chi connectivity index (χ4v) is 3.60. The maximum absolute atomic E-state index is 6.01. The summed E-state index contributed by atoms with van der Waals surface area (Å²) in [5.41, 5.74) is 3.19. The number of fused-ring (bicyclic) bond motifs is 1. The highest BCUT2D eigenvalue weighted by molar-refractivity contribution is 5.69. The zero-order chi connectivity index (χ0) is 17.5. The van der Waals surface area contributed by atoms with Crippen LogP contribution in [0.5, 0.6) is 5.88 Å². The molecule has 4 heterocycles. The molecule has 134 valence electrons. The highest BCUT2D eigenvalue weighted by Gasteiger charge is 2.28. The van der Waals surface area contributed by atoms with Gasteiger partial charge in [0.25, 0.3) is 0 Å². The van der Waals surface area contributed by atoms with Crippen LogP contribution < -0.4 is 9.64 Å². The quantitative estimate of drug-likeness (QED) is 0.721. The predicted octanol–water partition coefficient (Wildman–Crippen LogP) is 2.75. The Morgan fingerprint density at radius 1 is 1.12 bits per heavy atom. The molecule has 5 rings (SSSR count). The summed E-state index contributed by atoms with van der Waals surface area (Å²) in [5.74, 6) is 2.30. The Balaban J connectivity index is 1.30. The third kappa shape index (κ3) is 2.98. The first kappa shape index (κ1) is 15.5. The van der Waals surface area contributed by atoms with Crippen molar-refractivity contribution in [3.8, 4) is 5.88 Å². The average Bonchev–Trinajstić information content (AvgIpc) is 3.41. The van der Waals surface area contributed by atoms with E-state index < -0.39 is 0 Å². The van der Waals surface area contributed by atoms with Gasteiger partial charge in [-0.25, -0.2) is 14.5 Å². The first-order valence-electron chi connectivity index (χ1n) is 9.31. The van der Waals surface area contributed by atoms with E-state index in [4.69, 9.17) is 9.84 Å². The Labute approximate surface area is 152 Å². The Hall–Kier alpha value is -2.70. The van der Waals surface area contributed by atoms with Gasteiger partial charge in [-0.3, -0.25) is 4.98 Å². The van der Waals surface area contributed by atoms with E-state index in [2.05, 4.69) is 25.9 Å². The first-order chi connectivity index (χ1) is 12.8. The van der Waals surface area contributed by atoms with E-state index in [9.17, 15) is 0 Å². The standard InChI is InChI=1S/C19H22N6O/c1-13-11-20-12-18(22-13)26-15-4-7-24(8-5-15)19-17-10-16(14-2-3-14)23-25(17)9-6-21-19/h6,9-12,14-15H,2-5,7-8H2,1H3. The van der Waals surface area contributed by atoms with E-state index in [0.29, 0.717) is 11.8 Å². The summed E-state index contributed by atoms with van der Waals surface area (Å²) < 4.78 is 7.99. The summed E-state index contributed by atoms with van der Waals surface area (Å²) in [6, 6.07) is 2.21. The molecule has 7 heteroatoms. The number of anilines is 1. The summed E-state index contributed by atoms with van der Waals surface area (Å²) >= 11 is 0. The molecule has 2 fully saturated rings. The molecule has 0 bridgehead atoms. The molecular weight excluding hydrogens is 328 g/mol. The molecule has 3 aromatic rings.